The molecule has 0 fully saturated rings. The van der Waals surface area contributed by atoms with Crippen LogP contribution in [-0.4, -0.2) is 27.2 Å². The van der Waals surface area contributed by atoms with Crippen molar-refractivity contribution in [1.82, 2.24) is 9.55 Å². The molecule has 1 heterocycles. The van der Waals surface area contributed by atoms with Crippen molar-refractivity contribution >= 4 is 11.8 Å². The van der Waals surface area contributed by atoms with Gasteiger partial charge in [-0.1, -0.05) is 6.92 Å². The van der Waals surface area contributed by atoms with Gasteiger partial charge in [0.05, 0.1) is 0 Å². The van der Waals surface area contributed by atoms with E-state index < -0.39 is 5.97 Å². The molecule has 0 aliphatic heterocycles. The van der Waals surface area contributed by atoms with Crippen molar-refractivity contribution in [2.75, 3.05) is 11.9 Å². The second-order valence-corrected chi connectivity index (χ2v) is 4.11. The van der Waals surface area contributed by atoms with Gasteiger partial charge in [-0.3, -0.25) is 9.59 Å². The minimum absolute atomic E-state index is 0.142. The normalized spacial score (nSPS) is 12.1. The predicted molar refractivity (Wildman–Crippen MR) is 64.0 cm³/mol. The average Bonchev–Trinajstić information content (AvgIpc) is 2.28. The minimum atomic E-state index is -0.800. The maximum Gasteiger partial charge on any atom is 0.303 e. The molecule has 0 aromatic carbocycles. The molecule has 0 aliphatic carbocycles. The summed E-state index contributed by atoms with van der Waals surface area (Å²) in [4.78, 5) is 25.9. The van der Waals surface area contributed by atoms with Crippen molar-refractivity contribution in [2.45, 2.75) is 19.8 Å². The molecule has 0 aliphatic rings. The summed E-state index contributed by atoms with van der Waals surface area (Å²) in [6.45, 7) is 2.48. The first kappa shape index (κ1) is 13.2. The summed E-state index contributed by atoms with van der Waals surface area (Å²) in [6, 6.07) is 0. The molecule has 1 rings (SSSR count). The second-order valence-electron chi connectivity index (χ2n) is 4.11. The fourth-order valence-corrected chi connectivity index (χ4v) is 1.36. The fourth-order valence-electron chi connectivity index (χ4n) is 1.36. The number of nitrogens with zero attached hydrogens (tertiary/aromatic N) is 2. The van der Waals surface area contributed by atoms with Gasteiger partial charge < -0.3 is 15.0 Å². The van der Waals surface area contributed by atoms with Crippen LogP contribution in [0.3, 0.4) is 0 Å². The molecule has 0 bridgehead atoms. The lowest BCUT2D eigenvalue weighted by molar-refractivity contribution is -0.137. The molecule has 0 radical (unpaired) electrons. The average molecular weight is 239 g/mol. The zero-order valence-corrected chi connectivity index (χ0v) is 10.0. The van der Waals surface area contributed by atoms with Crippen molar-refractivity contribution in [2.24, 2.45) is 13.0 Å². The van der Waals surface area contributed by atoms with E-state index in [1.807, 2.05) is 6.92 Å². The van der Waals surface area contributed by atoms with Gasteiger partial charge in [0.1, 0.15) is 0 Å². The first-order chi connectivity index (χ1) is 8.00. The van der Waals surface area contributed by atoms with Gasteiger partial charge in [-0.2, -0.15) is 0 Å². The second kappa shape index (κ2) is 6.03. The van der Waals surface area contributed by atoms with Crippen molar-refractivity contribution in [1.29, 1.82) is 0 Å². The van der Waals surface area contributed by atoms with E-state index in [1.54, 1.807) is 19.4 Å². The Kier molecular flexibility index (Phi) is 4.68. The van der Waals surface area contributed by atoms with Crippen LogP contribution in [0.2, 0.25) is 0 Å². The van der Waals surface area contributed by atoms with Gasteiger partial charge in [-0.05, 0) is 12.3 Å². The highest BCUT2D eigenvalue weighted by Gasteiger charge is 2.07. The number of hydrogen-bond acceptors (Lipinski definition) is 4. The van der Waals surface area contributed by atoms with Crippen LogP contribution < -0.4 is 10.9 Å². The molecule has 1 aromatic heterocycles. The molecular weight excluding hydrogens is 222 g/mol. The maximum absolute atomic E-state index is 11.6. The van der Waals surface area contributed by atoms with E-state index >= 15 is 0 Å². The Morgan fingerprint density at radius 3 is 3.00 bits per heavy atom. The van der Waals surface area contributed by atoms with E-state index in [-0.39, 0.29) is 17.9 Å². The van der Waals surface area contributed by atoms with Gasteiger partial charge >= 0.3 is 5.97 Å². The molecule has 1 aromatic rings. The molecule has 1 atom stereocenters. The fraction of sp³-hybridized carbons (Fsp3) is 0.545. The summed E-state index contributed by atoms with van der Waals surface area (Å²) in [5.41, 5.74) is -0.182. The van der Waals surface area contributed by atoms with Gasteiger partial charge in [0.15, 0.2) is 5.82 Å². The number of rotatable bonds is 6. The van der Waals surface area contributed by atoms with Gasteiger partial charge in [0.2, 0.25) is 0 Å². The van der Waals surface area contributed by atoms with Gasteiger partial charge in [-0.15, -0.1) is 0 Å². The monoisotopic (exact) mass is 239 g/mol. The SMILES string of the molecule is CC(CCC(=O)O)CNc1nccn(C)c1=O. The molecule has 2 N–H and O–H groups in total. The summed E-state index contributed by atoms with van der Waals surface area (Å²) in [6.07, 6.45) is 3.85. The molecule has 0 amide bonds. The third kappa shape index (κ3) is 4.26. The number of aryl methyl sites for hydroxylation is 1. The van der Waals surface area contributed by atoms with E-state index in [0.717, 1.165) is 0 Å². The first-order valence-corrected chi connectivity index (χ1v) is 5.48. The van der Waals surface area contributed by atoms with Crippen molar-refractivity contribution in [3.05, 3.63) is 22.7 Å². The summed E-state index contributed by atoms with van der Waals surface area (Å²) >= 11 is 0. The zero-order chi connectivity index (χ0) is 12.8. The number of aliphatic carboxylic acids is 1. The third-order valence-corrected chi connectivity index (χ3v) is 2.49. The quantitative estimate of drug-likeness (QED) is 0.763. The third-order valence-electron chi connectivity index (χ3n) is 2.49. The Morgan fingerprint density at radius 1 is 1.65 bits per heavy atom. The molecule has 94 valence electrons. The molecule has 0 saturated heterocycles. The summed E-state index contributed by atoms with van der Waals surface area (Å²) in [7, 11) is 1.66. The Morgan fingerprint density at radius 2 is 2.35 bits per heavy atom. The standard InChI is InChI=1S/C11H17N3O3/c1-8(3-4-9(15)16)7-13-10-11(17)14(2)6-5-12-10/h5-6,8H,3-4,7H2,1-2H3,(H,12,13)(H,15,16). The lowest BCUT2D eigenvalue weighted by atomic mass is 10.1. The molecule has 6 heteroatoms. The van der Waals surface area contributed by atoms with Crippen molar-refractivity contribution in [3.8, 4) is 0 Å². The number of hydrogen-bond donors (Lipinski definition) is 2. The van der Waals surface area contributed by atoms with E-state index in [4.69, 9.17) is 5.11 Å². The van der Waals surface area contributed by atoms with E-state index in [9.17, 15) is 9.59 Å². The van der Waals surface area contributed by atoms with Crippen LogP contribution >= 0.6 is 0 Å². The van der Waals surface area contributed by atoms with Crippen molar-refractivity contribution in [3.63, 3.8) is 0 Å². The van der Waals surface area contributed by atoms with Crippen LogP contribution in [0, 0.1) is 5.92 Å². The smallest absolute Gasteiger partial charge is 0.303 e. The Hall–Kier alpha value is -1.85. The highest BCUT2D eigenvalue weighted by atomic mass is 16.4. The first-order valence-electron chi connectivity index (χ1n) is 5.48. The summed E-state index contributed by atoms with van der Waals surface area (Å²) in [5, 5.41) is 11.5. The predicted octanol–water partition coefficient (Wildman–Crippen LogP) is 0.693. The topological polar surface area (TPSA) is 84.2 Å². The largest absolute Gasteiger partial charge is 0.481 e. The Labute approximate surface area is 99.3 Å². The molecular formula is C11H17N3O3. The van der Waals surface area contributed by atoms with E-state index in [1.165, 1.54) is 4.57 Å². The zero-order valence-electron chi connectivity index (χ0n) is 10.0. The number of aromatic nitrogens is 2. The van der Waals surface area contributed by atoms with Gasteiger partial charge in [0, 0.05) is 32.4 Å². The van der Waals surface area contributed by atoms with Crippen LogP contribution in [0.1, 0.15) is 19.8 Å². The molecule has 1 unspecified atom stereocenters. The number of carboxylic acids is 1. The van der Waals surface area contributed by atoms with Gasteiger partial charge in [-0.25, -0.2) is 4.98 Å². The van der Waals surface area contributed by atoms with Crippen LogP contribution in [0.25, 0.3) is 0 Å². The summed E-state index contributed by atoms with van der Waals surface area (Å²) in [5.74, 6) is -0.319. The number of nitrogens with one attached hydrogen (secondary N) is 1. The number of anilines is 1. The molecule has 0 saturated carbocycles. The number of carboxylic acid groups (broad SMARTS) is 1. The molecule has 0 spiro atoms. The Bertz CT molecular complexity index is 442. The summed E-state index contributed by atoms with van der Waals surface area (Å²) < 4.78 is 1.44. The highest BCUT2D eigenvalue weighted by molar-refractivity contribution is 5.66. The Balaban J connectivity index is 2.47. The van der Waals surface area contributed by atoms with Crippen molar-refractivity contribution < 1.29 is 9.90 Å². The van der Waals surface area contributed by atoms with Gasteiger partial charge in [0.25, 0.3) is 5.56 Å². The van der Waals surface area contributed by atoms with E-state index in [2.05, 4.69) is 10.3 Å². The number of carbonyl (C=O) groups is 1. The highest BCUT2D eigenvalue weighted by Crippen LogP contribution is 2.06. The van der Waals surface area contributed by atoms with Crippen LogP contribution in [0.5, 0.6) is 0 Å². The lowest BCUT2D eigenvalue weighted by Crippen LogP contribution is -2.24. The van der Waals surface area contributed by atoms with E-state index in [0.29, 0.717) is 18.8 Å². The van der Waals surface area contributed by atoms with Crippen LogP contribution in [-0.2, 0) is 11.8 Å². The minimum Gasteiger partial charge on any atom is -0.481 e. The molecule has 6 nitrogen and oxygen atoms in total. The maximum atomic E-state index is 11.6. The lowest BCUT2D eigenvalue weighted by Gasteiger charge is -2.11. The van der Waals surface area contributed by atoms with Crippen LogP contribution in [0.15, 0.2) is 17.2 Å². The van der Waals surface area contributed by atoms with Crippen LogP contribution in [0.4, 0.5) is 5.82 Å². The molecule has 17 heavy (non-hydrogen) atoms.